The first-order chi connectivity index (χ1) is 15.8. The summed E-state index contributed by atoms with van der Waals surface area (Å²) in [6.45, 7) is 9.30. The highest BCUT2D eigenvalue weighted by Gasteiger charge is 2.64. The van der Waals surface area contributed by atoms with E-state index in [2.05, 4.69) is 45.9 Å². The van der Waals surface area contributed by atoms with Crippen molar-refractivity contribution in [2.45, 2.75) is 44.5 Å². The van der Waals surface area contributed by atoms with Gasteiger partial charge in [-0.25, -0.2) is 0 Å². The molecule has 0 aliphatic carbocycles. The Balaban J connectivity index is 1.61. The van der Waals surface area contributed by atoms with Crippen LogP contribution in [0.4, 0.5) is 11.4 Å². The molecule has 2 amide bonds. The Morgan fingerprint density at radius 1 is 1.03 bits per heavy atom. The third kappa shape index (κ3) is 2.63. The molecule has 1 unspecified atom stereocenters. The number of hydrogen-bond acceptors (Lipinski definition) is 5. The second kappa shape index (κ2) is 6.79. The van der Waals surface area contributed by atoms with Crippen LogP contribution in [0.1, 0.15) is 44.4 Å². The molecule has 0 N–H and O–H groups in total. The second-order valence-corrected chi connectivity index (χ2v) is 10.7. The number of anilines is 2. The van der Waals surface area contributed by atoms with Crippen molar-refractivity contribution >= 4 is 40.5 Å². The van der Waals surface area contributed by atoms with Gasteiger partial charge in [-0.05, 0) is 62.6 Å². The first-order valence-electron chi connectivity index (χ1n) is 11.4. The Morgan fingerprint density at radius 3 is 2.55 bits per heavy atom. The van der Waals surface area contributed by atoms with E-state index in [0.29, 0.717) is 30.4 Å². The largest absolute Gasteiger partial charge is 0.486 e. The number of fused-ring (bicyclic) bond motifs is 2. The first-order valence-corrected chi connectivity index (χ1v) is 12.3. The molecular formula is C26H26N2O4S. The number of ether oxygens (including phenoxy) is 2. The van der Waals surface area contributed by atoms with Crippen LogP contribution >= 0.6 is 11.8 Å². The van der Waals surface area contributed by atoms with Crippen LogP contribution < -0.4 is 19.3 Å². The van der Waals surface area contributed by atoms with Gasteiger partial charge in [-0.15, -0.1) is 11.8 Å². The zero-order valence-electron chi connectivity index (χ0n) is 19.2. The standard InChI is InChI=1S/C26H26N2O4S/c1-5-16-10-18-15(2)13-25(3,4)28-23(18)19(11-16)26(24(28)30)27(22(29)14-33-26)17-6-7-20-21(12-17)32-9-8-31-20/h6-7,10-13H,5,8-9,14H2,1-4H3. The Labute approximate surface area is 197 Å². The molecule has 1 atom stereocenters. The molecule has 0 aromatic heterocycles. The van der Waals surface area contributed by atoms with Crippen molar-refractivity contribution in [1.82, 2.24) is 0 Å². The number of amides is 2. The number of hydrogen-bond donors (Lipinski definition) is 0. The lowest BCUT2D eigenvalue weighted by Gasteiger charge is -2.40. The lowest BCUT2D eigenvalue weighted by atomic mass is 9.87. The van der Waals surface area contributed by atoms with E-state index in [1.165, 1.54) is 11.8 Å². The molecule has 7 heteroatoms. The third-order valence-corrected chi connectivity index (χ3v) is 8.37. The molecule has 1 fully saturated rings. The zero-order valence-corrected chi connectivity index (χ0v) is 20.0. The first kappa shape index (κ1) is 20.7. The van der Waals surface area contributed by atoms with Gasteiger partial charge in [0, 0.05) is 22.9 Å². The van der Waals surface area contributed by atoms with Gasteiger partial charge in [0.05, 0.1) is 17.0 Å². The quantitative estimate of drug-likeness (QED) is 0.658. The van der Waals surface area contributed by atoms with E-state index in [1.807, 2.05) is 23.1 Å². The summed E-state index contributed by atoms with van der Waals surface area (Å²) >= 11 is 1.42. The van der Waals surface area contributed by atoms with Crippen LogP contribution in [0.2, 0.25) is 0 Å². The molecule has 0 radical (unpaired) electrons. The molecule has 6 rings (SSSR count). The van der Waals surface area contributed by atoms with Gasteiger partial charge in [0.1, 0.15) is 13.2 Å². The van der Waals surface area contributed by atoms with Crippen LogP contribution in [0.25, 0.3) is 5.57 Å². The minimum Gasteiger partial charge on any atom is -0.486 e. The maximum absolute atomic E-state index is 14.4. The molecule has 2 aromatic rings. The number of allylic oxidation sites excluding steroid dienone is 1. The molecular weight excluding hydrogens is 436 g/mol. The van der Waals surface area contributed by atoms with Crippen LogP contribution in [0.5, 0.6) is 11.5 Å². The van der Waals surface area contributed by atoms with E-state index in [9.17, 15) is 9.59 Å². The Bertz CT molecular complexity index is 1270. The molecule has 170 valence electrons. The molecule has 4 aliphatic heterocycles. The van der Waals surface area contributed by atoms with Gasteiger partial charge >= 0.3 is 0 Å². The predicted molar refractivity (Wildman–Crippen MR) is 130 cm³/mol. The molecule has 6 nitrogen and oxygen atoms in total. The summed E-state index contributed by atoms with van der Waals surface area (Å²) in [5.74, 6) is 1.36. The molecule has 1 spiro atoms. The smallest absolute Gasteiger partial charge is 0.269 e. The Kier molecular flexibility index (Phi) is 4.25. The highest BCUT2D eigenvalue weighted by Crippen LogP contribution is 2.60. The number of benzene rings is 2. The van der Waals surface area contributed by atoms with Crippen LogP contribution in [-0.2, 0) is 20.9 Å². The lowest BCUT2D eigenvalue weighted by molar-refractivity contribution is -0.124. The summed E-state index contributed by atoms with van der Waals surface area (Å²) in [4.78, 5) is 30.2. The summed E-state index contributed by atoms with van der Waals surface area (Å²) in [5.41, 5.74) is 5.40. The monoisotopic (exact) mass is 462 g/mol. The summed E-state index contributed by atoms with van der Waals surface area (Å²) < 4.78 is 11.5. The topological polar surface area (TPSA) is 59.1 Å². The van der Waals surface area contributed by atoms with E-state index in [1.54, 1.807) is 4.90 Å². The summed E-state index contributed by atoms with van der Waals surface area (Å²) in [5, 5.41) is 0. The summed E-state index contributed by atoms with van der Waals surface area (Å²) in [7, 11) is 0. The van der Waals surface area contributed by atoms with E-state index < -0.39 is 10.4 Å². The van der Waals surface area contributed by atoms with Gasteiger partial charge in [-0.1, -0.05) is 13.0 Å². The minimum atomic E-state index is -1.13. The predicted octanol–water partition coefficient (Wildman–Crippen LogP) is 4.50. The number of nitrogens with zero attached hydrogens (tertiary/aromatic N) is 2. The molecule has 4 aliphatic rings. The fraction of sp³-hybridized carbons (Fsp3) is 0.385. The highest BCUT2D eigenvalue weighted by atomic mass is 32.2. The molecule has 2 aromatic carbocycles. The van der Waals surface area contributed by atoms with Gasteiger partial charge in [-0.3, -0.25) is 19.4 Å². The van der Waals surface area contributed by atoms with Crippen LogP contribution in [-0.4, -0.2) is 36.3 Å². The molecule has 1 saturated heterocycles. The maximum Gasteiger partial charge on any atom is 0.269 e. The zero-order chi connectivity index (χ0) is 23.1. The number of carbonyl (C=O) groups is 2. The highest BCUT2D eigenvalue weighted by molar-refractivity contribution is 8.02. The lowest BCUT2D eigenvalue weighted by Crippen LogP contribution is -2.54. The van der Waals surface area contributed by atoms with E-state index in [0.717, 1.165) is 34.4 Å². The molecule has 33 heavy (non-hydrogen) atoms. The van der Waals surface area contributed by atoms with Crippen molar-refractivity contribution in [3.05, 3.63) is 53.1 Å². The number of carbonyl (C=O) groups excluding carboxylic acids is 2. The average molecular weight is 463 g/mol. The average Bonchev–Trinajstić information content (AvgIpc) is 3.27. The molecule has 4 heterocycles. The maximum atomic E-state index is 14.4. The number of thioether (sulfide) groups is 1. The van der Waals surface area contributed by atoms with Gasteiger partial charge in [0.25, 0.3) is 5.91 Å². The summed E-state index contributed by atoms with van der Waals surface area (Å²) in [6.07, 6.45) is 3.01. The fourth-order valence-corrected chi connectivity index (χ4v) is 6.94. The van der Waals surface area contributed by atoms with Crippen molar-refractivity contribution in [3.63, 3.8) is 0 Å². The van der Waals surface area contributed by atoms with Crippen molar-refractivity contribution < 1.29 is 19.1 Å². The van der Waals surface area contributed by atoms with E-state index in [-0.39, 0.29) is 17.6 Å². The van der Waals surface area contributed by atoms with Crippen molar-refractivity contribution in [2.75, 3.05) is 28.8 Å². The number of rotatable bonds is 2. The summed E-state index contributed by atoms with van der Waals surface area (Å²) in [6, 6.07) is 9.83. The Hall–Kier alpha value is -2.93. The molecule has 0 bridgehead atoms. The van der Waals surface area contributed by atoms with Crippen LogP contribution in [0, 0.1) is 0 Å². The van der Waals surface area contributed by atoms with Gasteiger partial charge in [0.2, 0.25) is 10.8 Å². The van der Waals surface area contributed by atoms with Crippen molar-refractivity contribution in [2.24, 2.45) is 0 Å². The van der Waals surface area contributed by atoms with Crippen LogP contribution in [0.15, 0.2) is 36.4 Å². The van der Waals surface area contributed by atoms with Crippen molar-refractivity contribution in [3.8, 4) is 11.5 Å². The molecule has 0 saturated carbocycles. The van der Waals surface area contributed by atoms with E-state index >= 15 is 0 Å². The minimum absolute atomic E-state index is 0.0634. The van der Waals surface area contributed by atoms with Crippen LogP contribution in [0.3, 0.4) is 0 Å². The Morgan fingerprint density at radius 2 is 1.79 bits per heavy atom. The number of aryl methyl sites for hydroxylation is 1. The second-order valence-electron chi connectivity index (χ2n) is 9.50. The van der Waals surface area contributed by atoms with Crippen molar-refractivity contribution in [1.29, 1.82) is 0 Å². The van der Waals surface area contributed by atoms with Gasteiger partial charge in [-0.2, -0.15) is 0 Å². The SMILES string of the molecule is CCc1cc2c3c(c1)C1(SCC(=O)N1c1ccc4c(c1)OCCO4)C(=O)N3C(C)(C)C=C2C. The van der Waals surface area contributed by atoms with Gasteiger partial charge < -0.3 is 9.47 Å². The third-order valence-electron chi connectivity index (χ3n) is 6.98. The van der Waals surface area contributed by atoms with E-state index in [4.69, 9.17) is 9.47 Å². The normalized spacial score (nSPS) is 24.4. The fourth-order valence-electron chi connectivity index (χ4n) is 5.61. The van der Waals surface area contributed by atoms with Gasteiger partial charge in [0.15, 0.2) is 11.5 Å².